The molecule has 162 valence electrons. The average molecular weight is 437 g/mol. The summed E-state index contributed by atoms with van der Waals surface area (Å²) < 4.78 is 7.76. The lowest BCUT2D eigenvalue weighted by Crippen LogP contribution is -2.25. The minimum absolute atomic E-state index is 0.287. The average Bonchev–Trinajstić information content (AvgIpc) is 3.41. The molecule has 31 heavy (non-hydrogen) atoms. The molecule has 6 nitrogen and oxygen atoms in total. The van der Waals surface area contributed by atoms with Gasteiger partial charge in [-0.1, -0.05) is 54.2 Å². The summed E-state index contributed by atoms with van der Waals surface area (Å²) in [5, 5.41) is 9.93. The predicted octanol–water partition coefficient (Wildman–Crippen LogP) is 4.30. The van der Waals surface area contributed by atoms with Crippen LogP contribution in [-0.4, -0.2) is 51.5 Å². The summed E-state index contributed by atoms with van der Waals surface area (Å²) in [6.07, 6.45) is 3.54. The van der Waals surface area contributed by atoms with E-state index in [4.69, 9.17) is 4.74 Å². The number of amides is 1. The number of methoxy groups -OCH3 is 1. The number of hydrogen-bond acceptors (Lipinski definition) is 5. The fourth-order valence-corrected chi connectivity index (χ4v) is 4.76. The van der Waals surface area contributed by atoms with Crippen LogP contribution < -0.4 is 4.74 Å². The molecule has 3 aromatic rings. The fraction of sp³-hybridized carbons (Fsp3) is 0.375. The van der Waals surface area contributed by atoms with Crippen molar-refractivity contribution in [2.45, 2.75) is 37.4 Å². The number of benzene rings is 2. The first-order chi connectivity index (χ1) is 15.3. The van der Waals surface area contributed by atoms with E-state index in [1.807, 2.05) is 35.2 Å². The second-order valence-electron chi connectivity index (χ2n) is 7.58. The normalized spacial score (nSPS) is 13.7. The summed E-state index contributed by atoms with van der Waals surface area (Å²) in [4.78, 5) is 13.8. The molecule has 0 bridgehead atoms. The third-order valence-electron chi connectivity index (χ3n) is 5.51. The number of carbonyl (C=O) groups is 1. The Morgan fingerprint density at radius 2 is 1.84 bits per heavy atom. The van der Waals surface area contributed by atoms with Gasteiger partial charge in [-0.25, -0.2) is 0 Å². The second-order valence-corrected chi connectivity index (χ2v) is 8.64. The van der Waals surface area contributed by atoms with Crippen molar-refractivity contribution in [3.63, 3.8) is 0 Å². The molecule has 1 amide bonds. The van der Waals surface area contributed by atoms with Crippen LogP contribution in [0.15, 0.2) is 59.8 Å². The second kappa shape index (κ2) is 10.5. The van der Waals surface area contributed by atoms with Crippen LogP contribution in [0.3, 0.4) is 0 Å². The van der Waals surface area contributed by atoms with E-state index in [1.54, 1.807) is 18.9 Å². The molecule has 1 saturated heterocycles. The van der Waals surface area contributed by atoms with E-state index in [0.29, 0.717) is 6.42 Å². The molecule has 2 aromatic carbocycles. The van der Waals surface area contributed by atoms with Gasteiger partial charge in [0.1, 0.15) is 5.75 Å². The molecule has 0 radical (unpaired) electrons. The Morgan fingerprint density at radius 3 is 2.61 bits per heavy atom. The van der Waals surface area contributed by atoms with Crippen LogP contribution in [0.5, 0.6) is 5.75 Å². The lowest BCUT2D eigenvalue weighted by molar-refractivity contribution is -0.127. The van der Waals surface area contributed by atoms with Crippen molar-refractivity contribution in [3.05, 3.63) is 60.2 Å². The molecule has 7 heteroatoms. The Balaban J connectivity index is 1.50. The lowest BCUT2D eigenvalue weighted by Gasteiger charge is -2.15. The molecule has 0 aliphatic carbocycles. The summed E-state index contributed by atoms with van der Waals surface area (Å²) in [6.45, 7) is 2.51. The number of carbonyl (C=O) groups excluding carboxylic acids is 1. The van der Waals surface area contributed by atoms with Crippen LogP contribution in [0.4, 0.5) is 0 Å². The summed E-state index contributed by atoms with van der Waals surface area (Å²) in [7, 11) is 1.68. The molecule has 0 saturated carbocycles. The van der Waals surface area contributed by atoms with Crippen molar-refractivity contribution in [2.24, 2.45) is 0 Å². The Hall–Kier alpha value is -2.80. The Kier molecular flexibility index (Phi) is 7.25. The van der Waals surface area contributed by atoms with E-state index in [1.165, 1.54) is 5.56 Å². The van der Waals surface area contributed by atoms with Gasteiger partial charge in [-0.05, 0) is 37.0 Å². The molecule has 1 fully saturated rings. The van der Waals surface area contributed by atoms with Gasteiger partial charge in [-0.15, -0.1) is 10.2 Å². The van der Waals surface area contributed by atoms with Gasteiger partial charge >= 0.3 is 0 Å². The van der Waals surface area contributed by atoms with Crippen molar-refractivity contribution in [3.8, 4) is 17.1 Å². The van der Waals surface area contributed by atoms with Crippen molar-refractivity contribution in [1.82, 2.24) is 19.7 Å². The van der Waals surface area contributed by atoms with Crippen molar-refractivity contribution < 1.29 is 9.53 Å². The van der Waals surface area contributed by atoms with Crippen LogP contribution >= 0.6 is 11.8 Å². The molecule has 1 aromatic heterocycles. The summed E-state index contributed by atoms with van der Waals surface area (Å²) in [5.74, 6) is 2.80. The van der Waals surface area contributed by atoms with Crippen molar-refractivity contribution >= 4 is 17.7 Å². The van der Waals surface area contributed by atoms with Gasteiger partial charge < -0.3 is 14.2 Å². The maximum atomic E-state index is 11.8. The maximum Gasteiger partial charge on any atom is 0.222 e. The maximum absolute atomic E-state index is 11.8. The van der Waals surface area contributed by atoms with Crippen molar-refractivity contribution in [2.75, 3.05) is 26.0 Å². The van der Waals surface area contributed by atoms with Gasteiger partial charge in [0.15, 0.2) is 11.0 Å². The Morgan fingerprint density at radius 1 is 1.03 bits per heavy atom. The van der Waals surface area contributed by atoms with Gasteiger partial charge in [0.2, 0.25) is 5.91 Å². The van der Waals surface area contributed by atoms with Crippen LogP contribution in [-0.2, 0) is 17.8 Å². The monoisotopic (exact) mass is 436 g/mol. The van der Waals surface area contributed by atoms with Crippen LogP contribution in [0.2, 0.25) is 0 Å². The quantitative estimate of drug-likeness (QED) is 0.350. The molecule has 4 rings (SSSR count). The third kappa shape index (κ3) is 5.28. The van der Waals surface area contributed by atoms with E-state index >= 15 is 0 Å². The molecular weight excluding hydrogens is 408 g/mol. The SMILES string of the molecule is COc1ccccc1-c1nnc(SCCCN2CCCC2=O)n1CCc1ccccc1. The molecule has 1 aliphatic rings. The minimum atomic E-state index is 0.287. The number of thioether (sulfide) groups is 1. The largest absolute Gasteiger partial charge is 0.496 e. The number of likely N-dealkylation sites (tertiary alicyclic amines) is 1. The molecule has 0 unspecified atom stereocenters. The molecule has 0 spiro atoms. The third-order valence-corrected chi connectivity index (χ3v) is 6.56. The smallest absolute Gasteiger partial charge is 0.222 e. The zero-order chi connectivity index (χ0) is 21.5. The van der Waals surface area contributed by atoms with E-state index in [9.17, 15) is 4.79 Å². The Labute approximate surface area is 187 Å². The number of ether oxygens (including phenoxy) is 1. The van der Waals surface area contributed by atoms with Crippen molar-refractivity contribution in [1.29, 1.82) is 0 Å². The van der Waals surface area contributed by atoms with Gasteiger partial charge in [0, 0.05) is 31.8 Å². The Bertz CT molecular complexity index is 1010. The molecular formula is C24H28N4O2S. The zero-order valence-corrected chi connectivity index (χ0v) is 18.7. The number of hydrogen-bond donors (Lipinski definition) is 0. The first-order valence-corrected chi connectivity index (χ1v) is 11.8. The summed E-state index contributed by atoms with van der Waals surface area (Å²) in [5.41, 5.74) is 2.23. The first kappa shape index (κ1) is 21.4. The van der Waals surface area contributed by atoms with E-state index < -0.39 is 0 Å². The predicted molar refractivity (Wildman–Crippen MR) is 123 cm³/mol. The molecule has 0 atom stereocenters. The van der Waals surface area contributed by atoms with Crippen LogP contribution in [0.1, 0.15) is 24.8 Å². The number of aryl methyl sites for hydroxylation is 1. The van der Waals surface area contributed by atoms with Gasteiger partial charge in [0.05, 0.1) is 12.7 Å². The fourth-order valence-electron chi connectivity index (χ4n) is 3.87. The van der Waals surface area contributed by atoms with Gasteiger partial charge in [0.25, 0.3) is 0 Å². The zero-order valence-electron chi connectivity index (χ0n) is 17.9. The topological polar surface area (TPSA) is 60.3 Å². The van der Waals surface area contributed by atoms with Gasteiger partial charge in [-0.2, -0.15) is 0 Å². The number of rotatable bonds is 10. The van der Waals surface area contributed by atoms with E-state index in [-0.39, 0.29) is 5.91 Å². The number of nitrogens with zero attached hydrogens (tertiary/aromatic N) is 4. The van der Waals surface area contributed by atoms with E-state index in [2.05, 4.69) is 39.0 Å². The lowest BCUT2D eigenvalue weighted by atomic mass is 10.1. The van der Waals surface area contributed by atoms with Crippen LogP contribution in [0.25, 0.3) is 11.4 Å². The molecule has 2 heterocycles. The number of para-hydroxylation sites is 1. The summed E-state index contributed by atoms with van der Waals surface area (Å²) >= 11 is 1.71. The van der Waals surface area contributed by atoms with E-state index in [0.717, 1.165) is 66.9 Å². The standard InChI is InChI=1S/C24H28N4O2S/c1-30-21-12-6-5-11-20(21)23-25-26-24(28(23)17-14-19-9-3-2-4-10-19)31-18-8-16-27-15-7-13-22(27)29/h2-6,9-12H,7-8,13-18H2,1H3. The number of aromatic nitrogens is 3. The van der Waals surface area contributed by atoms with Crippen LogP contribution in [0, 0.1) is 0 Å². The van der Waals surface area contributed by atoms with Gasteiger partial charge in [-0.3, -0.25) is 4.79 Å². The summed E-state index contributed by atoms with van der Waals surface area (Å²) in [6, 6.07) is 18.4. The molecule has 0 N–H and O–H groups in total. The highest BCUT2D eigenvalue weighted by molar-refractivity contribution is 7.99. The minimum Gasteiger partial charge on any atom is -0.496 e. The highest BCUT2D eigenvalue weighted by atomic mass is 32.2. The highest BCUT2D eigenvalue weighted by Crippen LogP contribution is 2.31. The highest BCUT2D eigenvalue weighted by Gasteiger charge is 2.20. The first-order valence-electron chi connectivity index (χ1n) is 10.8. The molecule has 1 aliphatic heterocycles.